The van der Waals surface area contributed by atoms with Crippen LogP contribution in [0.2, 0.25) is 5.02 Å². The molecule has 0 aliphatic rings. The number of nitrogen functional groups attached to an aromatic ring is 1. The first kappa shape index (κ1) is 9.56. The maximum Gasteiger partial charge on any atom is 0.0671 e. The Kier molecular flexibility index (Phi) is 4.19. The van der Waals surface area contributed by atoms with Crippen LogP contribution in [0.25, 0.3) is 0 Å². The van der Waals surface area contributed by atoms with Gasteiger partial charge in [-0.3, -0.25) is 5.84 Å². The first-order chi connectivity index (χ1) is 4.34. The number of rotatable bonds is 1. The highest BCUT2D eigenvalue weighted by atomic mass is 35.5. The molecule has 0 heterocycles. The molecule has 0 spiro atoms. The maximum atomic E-state index is 5.68. The van der Waals surface area contributed by atoms with Crippen molar-refractivity contribution < 1.29 is 12.4 Å². The molecule has 0 aromatic heterocycles. The molecule has 0 bridgehead atoms. The molecule has 0 saturated heterocycles. The second kappa shape index (κ2) is 4.39. The number of hydrogen-bond acceptors (Lipinski definition) is 2. The van der Waals surface area contributed by atoms with E-state index in [0.717, 1.165) is 5.69 Å². The molecular weight excluding hydrogens is 171 g/mol. The molecule has 0 amide bonds. The highest BCUT2D eigenvalue weighted by Crippen LogP contribution is 2.18. The van der Waals surface area contributed by atoms with Crippen LogP contribution in [0.1, 0.15) is 0 Å². The van der Waals surface area contributed by atoms with Gasteiger partial charge in [-0.1, -0.05) is 23.7 Å². The van der Waals surface area contributed by atoms with Crippen LogP contribution in [-0.4, -0.2) is 0 Å². The van der Waals surface area contributed by atoms with E-state index in [1.165, 1.54) is 0 Å². The Morgan fingerprint density at radius 1 is 1.30 bits per heavy atom. The van der Waals surface area contributed by atoms with Crippen molar-refractivity contribution in [2.45, 2.75) is 0 Å². The third kappa shape index (κ3) is 2.06. The van der Waals surface area contributed by atoms with E-state index in [-0.39, 0.29) is 12.4 Å². The lowest BCUT2D eigenvalue weighted by Gasteiger charge is -1.99. The molecule has 0 atom stereocenters. The quantitative estimate of drug-likeness (QED) is 0.411. The van der Waals surface area contributed by atoms with E-state index in [0.29, 0.717) is 5.02 Å². The molecule has 3 N–H and O–H groups in total. The van der Waals surface area contributed by atoms with Crippen LogP contribution in [0.3, 0.4) is 0 Å². The summed E-state index contributed by atoms with van der Waals surface area (Å²) in [6.45, 7) is 0. The van der Waals surface area contributed by atoms with Crippen molar-refractivity contribution in [1.29, 1.82) is 0 Å². The fraction of sp³-hybridized carbons (Fsp3) is 0. The molecule has 1 aromatic rings. The minimum atomic E-state index is 0. The first-order valence-electron chi connectivity index (χ1n) is 2.56. The van der Waals surface area contributed by atoms with Crippen LogP contribution in [0.4, 0.5) is 5.69 Å². The highest BCUT2D eigenvalue weighted by Gasteiger charge is 1.91. The Morgan fingerprint density at radius 2 is 1.90 bits per heavy atom. The van der Waals surface area contributed by atoms with Crippen LogP contribution in [-0.2, 0) is 0 Å². The van der Waals surface area contributed by atoms with Crippen molar-refractivity contribution in [3.05, 3.63) is 29.3 Å². The number of anilines is 1. The number of benzene rings is 1. The summed E-state index contributed by atoms with van der Waals surface area (Å²) >= 11 is 5.68. The number of nitrogens with one attached hydrogen (secondary N) is 1. The normalized spacial score (nSPS) is 8.20. The molecule has 56 valence electrons. The SMILES string of the molecule is NNc1ccccc1Cl.[Cl-]. The number of para-hydroxylation sites is 1. The summed E-state index contributed by atoms with van der Waals surface area (Å²) < 4.78 is 0. The van der Waals surface area contributed by atoms with Gasteiger partial charge in [-0.05, 0) is 12.1 Å². The summed E-state index contributed by atoms with van der Waals surface area (Å²) in [6, 6.07) is 7.29. The van der Waals surface area contributed by atoms with Gasteiger partial charge in [0.05, 0.1) is 10.7 Å². The van der Waals surface area contributed by atoms with E-state index in [1.54, 1.807) is 6.07 Å². The predicted octanol–water partition coefficient (Wildman–Crippen LogP) is -1.37. The first-order valence-corrected chi connectivity index (χ1v) is 2.93. The van der Waals surface area contributed by atoms with E-state index in [1.807, 2.05) is 18.2 Å². The third-order valence-corrected chi connectivity index (χ3v) is 1.36. The van der Waals surface area contributed by atoms with Gasteiger partial charge in [-0.25, -0.2) is 0 Å². The van der Waals surface area contributed by atoms with Crippen molar-refractivity contribution in [2.75, 3.05) is 5.43 Å². The van der Waals surface area contributed by atoms with Gasteiger partial charge in [0.25, 0.3) is 0 Å². The summed E-state index contributed by atoms with van der Waals surface area (Å²) in [6.07, 6.45) is 0. The topological polar surface area (TPSA) is 38.0 Å². The van der Waals surface area contributed by atoms with Gasteiger partial charge >= 0.3 is 0 Å². The van der Waals surface area contributed by atoms with Gasteiger partial charge in [-0.2, -0.15) is 0 Å². The predicted molar refractivity (Wildman–Crippen MR) is 39.3 cm³/mol. The van der Waals surface area contributed by atoms with E-state index in [4.69, 9.17) is 17.4 Å². The number of hydrazine groups is 1. The summed E-state index contributed by atoms with van der Waals surface area (Å²) in [5, 5.41) is 0.639. The maximum absolute atomic E-state index is 5.68. The second-order valence-corrected chi connectivity index (χ2v) is 2.03. The fourth-order valence-corrected chi connectivity index (χ4v) is 0.769. The molecule has 10 heavy (non-hydrogen) atoms. The monoisotopic (exact) mass is 177 g/mol. The lowest BCUT2D eigenvalue weighted by Crippen LogP contribution is -3.00. The summed E-state index contributed by atoms with van der Waals surface area (Å²) in [5.74, 6) is 5.12. The number of nitrogens with two attached hydrogens (primary N) is 1. The van der Waals surface area contributed by atoms with Crippen molar-refractivity contribution in [3.63, 3.8) is 0 Å². The Morgan fingerprint density at radius 3 is 2.30 bits per heavy atom. The van der Waals surface area contributed by atoms with Gasteiger partial charge in [-0.15, -0.1) is 0 Å². The smallest absolute Gasteiger partial charge is 0.0671 e. The molecule has 0 saturated carbocycles. The van der Waals surface area contributed by atoms with Gasteiger partial charge in [0.15, 0.2) is 0 Å². The van der Waals surface area contributed by atoms with Crippen molar-refractivity contribution in [2.24, 2.45) is 5.84 Å². The van der Waals surface area contributed by atoms with Crippen LogP contribution < -0.4 is 23.7 Å². The molecule has 0 aliphatic carbocycles. The van der Waals surface area contributed by atoms with Gasteiger partial charge < -0.3 is 17.8 Å². The minimum absolute atomic E-state index is 0. The zero-order valence-corrected chi connectivity index (χ0v) is 6.65. The Labute approximate surface area is 70.7 Å². The van der Waals surface area contributed by atoms with Crippen LogP contribution in [0, 0.1) is 0 Å². The highest BCUT2D eigenvalue weighted by molar-refractivity contribution is 6.33. The van der Waals surface area contributed by atoms with Gasteiger partial charge in [0.2, 0.25) is 0 Å². The largest absolute Gasteiger partial charge is 1.00 e. The molecule has 1 aromatic carbocycles. The van der Waals surface area contributed by atoms with Crippen molar-refractivity contribution in [1.82, 2.24) is 0 Å². The standard InChI is InChI=1S/C6H7ClN2.ClH/c7-5-3-1-2-4-6(5)9-8;/h1-4,9H,8H2;1H/p-1. The average Bonchev–Trinajstić information content (AvgIpc) is 1.89. The lowest BCUT2D eigenvalue weighted by atomic mass is 10.3. The molecule has 0 radical (unpaired) electrons. The minimum Gasteiger partial charge on any atom is -1.00 e. The second-order valence-electron chi connectivity index (χ2n) is 1.62. The van der Waals surface area contributed by atoms with Crippen molar-refractivity contribution in [3.8, 4) is 0 Å². The van der Waals surface area contributed by atoms with Crippen LogP contribution in [0.5, 0.6) is 0 Å². The Balaban J connectivity index is 0.000000810. The Bertz CT molecular complexity index is 203. The zero-order valence-electron chi connectivity index (χ0n) is 5.14. The number of hydrogen-bond donors (Lipinski definition) is 2. The third-order valence-electron chi connectivity index (χ3n) is 1.03. The molecule has 0 unspecified atom stereocenters. The average molecular weight is 178 g/mol. The summed E-state index contributed by atoms with van der Waals surface area (Å²) in [5.41, 5.74) is 3.21. The van der Waals surface area contributed by atoms with Gasteiger partial charge in [0, 0.05) is 0 Å². The lowest BCUT2D eigenvalue weighted by molar-refractivity contribution is -0.00000179. The van der Waals surface area contributed by atoms with Crippen LogP contribution >= 0.6 is 11.6 Å². The fourth-order valence-electron chi connectivity index (χ4n) is 0.578. The molecule has 2 nitrogen and oxygen atoms in total. The summed E-state index contributed by atoms with van der Waals surface area (Å²) in [4.78, 5) is 0. The number of halogens is 2. The van der Waals surface area contributed by atoms with E-state index in [9.17, 15) is 0 Å². The molecule has 1 rings (SSSR count). The van der Waals surface area contributed by atoms with E-state index in [2.05, 4.69) is 5.43 Å². The molecule has 4 heteroatoms. The Hall–Kier alpha value is -0.440. The van der Waals surface area contributed by atoms with Crippen molar-refractivity contribution >= 4 is 17.3 Å². The van der Waals surface area contributed by atoms with Crippen LogP contribution in [0.15, 0.2) is 24.3 Å². The molecular formula is C6H7Cl2N2-. The summed E-state index contributed by atoms with van der Waals surface area (Å²) in [7, 11) is 0. The molecule has 0 aliphatic heterocycles. The van der Waals surface area contributed by atoms with E-state index < -0.39 is 0 Å². The molecule has 0 fully saturated rings. The zero-order chi connectivity index (χ0) is 6.69. The van der Waals surface area contributed by atoms with E-state index >= 15 is 0 Å². The van der Waals surface area contributed by atoms with Gasteiger partial charge in [0.1, 0.15) is 0 Å².